The minimum Gasteiger partial charge on any atom is -0.355 e. The fourth-order valence-electron chi connectivity index (χ4n) is 2.15. The highest BCUT2D eigenvalue weighted by molar-refractivity contribution is 7.99. The molecule has 122 valence electrons. The van der Waals surface area contributed by atoms with Crippen molar-refractivity contribution >= 4 is 17.7 Å². The Morgan fingerprint density at radius 1 is 1.09 bits per heavy atom. The monoisotopic (exact) mass is 330 g/mol. The van der Waals surface area contributed by atoms with Gasteiger partial charge >= 0.3 is 0 Å². The molecular weight excluding hydrogens is 308 g/mol. The number of rotatable bonds is 8. The molecule has 0 saturated carbocycles. The number of hydrogen-bond donors (Lipinski definition) is 1. The van der Waals surface area contributed by atoms with Crippen molar-refractivity contribution in [1.82, 2.24) is 20.5 Å². The maximum atomic E-state index is 11.9. The minimum absolute atomic E-state index is 0.00727. The first-order valence-electron chi connectivity index (χ1n) is 7.88. The summed E-state index contributed by atoms with van der Waals surface area (Å²) in [6, 6.07) is 10.1. The molecule has 1 N–H and O–H groups in total. The van der Waals surface area contributed by atoms with Crippen LogP contribution in [0.25, 0.3) is 0 Å². The van der Waals surface area contributed by atoms with Gasteiger partial charge in [-0.15, -0.1) is 5.10 Å². The van der Waals surface area contributed by atoms with Gasteiger partial charge in [-0.3, -0.25) is 4.79 Å². The third-order valence-corrected chi connectivity index (χ3v) is 4.24. The maximum absolute atomic E-state index is 11.9. The first-order chi connectivity index (χ1) is 11.2. The summed E-state index contributed by atoms with van der Waals surface area (Å²) in [5.74, 6) is 0.303. The highest BCUT2D eigenvalue weighted by atomic mass is 32.2. The zero-order valence-corrected chi connectivity index (χ0v) is 14.4. The summed E-state index contributed by atoms with van der Waals surface area (Å²) in [6.45, 7) is 4.73. The number of nitrogens with one attached hydrogen (secondary N) is 1. The molecule has 2 rings (SSSR count). The fraction of sp³-hybridized carbons (Fsp3) is 0.412. The maximum Gasteiger partial charge on any atom is 0.230 e. The van der Waals surface area contributed by atoms with Crippen LogP contribution in [0.1, 0.15) is 30.8 Å². The van der Waals surface area contributed by atoms with Gasteiger partial charge in [0, 0.05) is 6.54 Å². The number of benzene rings is 1. The Morgan fingerprint density at radius 2 is 1.83 bits per heavy atom. The van der Waals surface area contributed by atoms with Gasteiger partial charge in [-0.2, -0.15) is 5.10 Å². The van der Waals surface area contributed by atoms with Crippen molar-refractivity contribution in [1.29, 1.82) is 0 Å². The standard InChI is InChI=1S/C17H22N4OS/c1-3-14-15(4-2)20-21-17(19-14)23-12-16(22)18-11-10-13-8-6-5-7-9-13/h5-9H,3-4,10-12H2,1-2H3,(H,18,22). The summed E-state index contributed by atoms with van der Waals surface area (Å²) in [7, 11) is 0. The smallest absolute Gasteiger partial charge is 0.230 e. The first kappa shape index (κ1) is 17.4. The van der Waals surface area contributed by atoms with E-state index in [0.717, 1.165) is 30.7 Å². The van der Waals surface area contributed by atoms with Crippen LogP contribution < -0.4 is 5.32 Å². The molecule has 0 radical (unpaired) electrons. The van der Waals surface area contributed by atoms with E-state index in [1.807, 2.05) is 32.0 Å². The molecule has 1 aromatic carbocycles. The van der Waals surface area contributed by atoms with Gasteiger partial charge in [0.2, 0.25) is 11.1 Å². The molecule has 1 amide bonds. The van der Waals surface area contributed by atoms with Crippen molar-refractivity contribution in [2.45, 2.75) is 38.3 Å². The average molecular weight is 330 g/mol. The number of thioether (sulfide) groups is 1. The largest absolute Gasteiger partial charge is 0.355 e. The van der Waals surface area contributed by atoms with Crippen molar-refractivity contribution in [2.24, 2.45) is 0 Å². The van der Waals surface area contributed by atoms with E-state index in [2.05, 4.69) is 32.6 Å². The zero-order valence-electron chi connectivity index (χ0n) is 13.6. The van der Waals surface area contributed by atoms with E-state index in [1.165, 1.54) is 17.3 Å². The van der Waals surface area contributed by atoms with Crippen LogP contribution in [0.15, 0.2) is 35.5 Å². The lowest BCUT2D eigenvalue weighted by atomic mass is 10.1. The lowest BCUT2D eigenvalue weighted by Crippen LogP contribution is -2.27. The Bertz CT molecular complexity index is 634. The number of carbonyl (C=O) groups excluding carboxylic acids is 1. The summed E-state index contributed by atoms with van der Waals surface area (Å²) < 4.78 is 0. The van der Waals surface area contributed by atoms with E-state index in [9.17, 15) is 4.79 Å². The molecule has 0 aliphatic heterocycles. The Labute approximate surface area is 141 Å². The SMILES string of the molecule is CCc1nnc(SCC(=O)NCCc2ccccc2)nc1CC. The van der Waals surface area contributed by atoms with Crippen LogP contribution in [-0.4, -0.2) is 33.4 Å². The highest BCUT2D eigenvalue weighted by Crippen LogP contribution is 2.13. The number of amides is 1. The van der Waals surface area contributed by atoms with E-state index < -0.39 is 0 Å². The van der Waals surface area contributed by atoms with E-state index in [-0.39, 0.29) is 5.91 Å². The predicted molar refractivity (Wildman–Crippen MR) is 92.5 cm³/mol. The van der Waals surface area contributed by atoms with E-state index in [4.69, 9.17) is 0 Å². The van der Waals surface area contributed by atoms with E-state index >= 15 is 0 Å². The number of aryl methyl sites for hydroxylation is 2. The topological polar surface area (TPSA) is 67.8 Å². The molecule has 0 atom stereocenters. The van der Waals surface area contributed by atoms with Gasteiger partial charge < -0.3 is 5.32 Å². The Kier molecular flexibility index (Phi) is 7.00. The van der Waals surface area contributed by atoms with Crippen molar-refractivity contribution in [2.75, 3.05) is 12.3 Å². The van der Waals surface area contributed by atoms with Gasteiger partial charge in [-0.1, -0.05) is 55.9 Å². The summed E-state index contributed by atoms with van der Waals surface area (Å²) >= 11 is 1.33. The molecule has 23 heavy (non-hydrogen) atoms. The zero-order chi connectivity index (χ0) is 16.5. The summed E-state index contributed by atoms with van der Waals surface area (Å²) in [5, 5.41) is 11.7. The molecule has 6 heteroatoms. The molecule has 1 aromatic heterocycles. The summed E-state index contributed by atoms with van der Waals surface area (Å²) in [4.78, 5) is 16.3. The Morgan fingerprint density at radius 3 is 2.52 bits per heavy atom. The number of nitrogens with zero attached hydrogens (tertiary/aromatic N) is 3. The predicted octanol–water partition coefficient (Wildman–Crippen LogP) is 2.45. The first-order valence-corrected chi connectivity index (χ1v) is 8.87. The molecule has 0 spiro atoms. The average Bonchev–Trinajstić information content (AvgIpc) is 2.60. The van der Waals surface area contributed by atoms with Crippen LogP contribution in [0.4, 0.5) is 0 Å². The second-order valence-corrected chi connectivity index (χ2v) is 6.01. The van der Waals surface area contributed by atoms with Crippen LogP contribution in [0.5, 0.6) is 0 Å². The molecule has 0 aliphatic carbocycles. The van der Waals surface area contributed by atoms with Gasteiger partial charge in [-0.05, 0) is 24.8 Å². The summed E-state index contributed by atoms with van der Waals surface area (Å²) in [5.41, 5.74) is 3.12. The molecule has 2 aromatic rings. The van der Waals surface area contributed by atoms with Crippen molar-refractivity contribution in [3.8, 4) is 0 Å². The van der Waals surface area contributed by atoms with Crippen molar-refractivity contribution < 1.29 is 4.79 Å². The van der Waals surface area contributed by atoms with Crippen LogP contribution in [-0.2, 0) is 24.1 Å². The quantitative estimate of drug-likeness (QED) is 0.753. The molecule has 0 fully saturated rings. The van der Waals surface area contributed by atoms with Gasteiger partial charge in [-0.25, -0.2) is 4.98 Å². The molecule has 0 unspecified atom stereocenters. The second kappa shape index (κ2) is 9.25. The molecule has 0 aliphatic rings. The molecule has 0 saturated heterocycles. The molecule has 0 bridgehead atoms. The second-order valence-electron chi connectivity index (χ2n) is 5.07. The normalized spacial score (nSPS) is 10.5. The lowest BCUT2D eigenvalue weighted by molar-refractivity contribution is -0.118. The number of hydrogen-bond acceptors (Lipinski definition) is 5. The lowest BCUT2D eigenvalue weighted by Gasteiger charge is -2.06. The minimum atomic E-state index is -0.00727. The van der Waals surface area contributed by atoms with Crippen LogP contribution in [0.3, 0.4) is 0 Å². The van der Waals surface area contributed by atoms with Gasteiger partial charge in [0.05, 0.1) is 17.1 Å². The third kappa shape index (κ3) is 5.63. The van der Waals surface area contributed by atoms with Gasteiger partial charge in [0.15, 0.2) is 0 Å². The molecule has 5 nitrogen and oxygen atoms in total. The van der Waals surface area contributed by atoms with Crippen LogP contribution >= 0.6 is 11.8 Å². The number of carbonyl (C=O) groups is 1. The Balaban J connectivity index is 1.76. The summed E-state index contributed by atoms with van der Waals surface area (Å²) in [6.07, 6.45) is 2.49. The Hall–Kier alpha value is -1.95. The van der Waals surface area contributed by atoms with Gasteiger partial charge in [0.1, 0.15) is 0 Å². The van der Waals surface area contributed by atoms with Crippen molar-refractivity contribution in [3.05, 3.63) is 47.3 Å². The molecule has 1 heterocycles. The van der Waals surface area contributed by atoms with Crippen LogP contribution in [0, 0.1) is 0 Å². The molecular formula is C17H22N4OS. The van der Waals surface area contributed by atoms with Crippen LogP contribution in [0.2, 0.25) is 0 Å². The van der Waals surface area contributed by atoms with E-state index in [1.54, 1.807) is 0 Å². The fourth-order valence-corrected chi connectivity index (χ4v) is 2.79. The third-order valence-electron chi connectivity index (χ3n) is 3.40. The van der Waals surface area contributed by atoms with E-state index in [0.29, 0.717) is 17.5 Å². The number of aromatic nitrogens is 3. The van der Waals surface area contributed by atoms with Gasteiger partial charge in [0.25, 0.3) is 0 Å². The van der Waals surface area contributed by atoms with Crippen molar-refractivity contribution in [3.63, 3.8) is 0 Å². The highest BCUT2D eigenvalue weighted by Gasteiger charge is 2.09.